The van der Waals surface area contributed by atoms with E-state index < -0.39 is 14.2 Å². The molecule has 3 nitrogen and oxygen atoms in total. The van der Waals surface area contributed by atoms with Gasteiger partial charge in [0.15, 0.2) is 0 Å². The summed E-state index contributed by atoms with van der Waals surface area (Å²) in [6, 6.07) is 4.33. The van der Waals surface area contributed by atoms with Crippen LogP contribution < -0.4 is 10.2 Å². The highest BCUT2D eigenvalue weighted by atomic mass is 16.5. The van der Waals surface area contributed by atoms with E-state index in [4.69, 9.17) is 14.2 Å². The Labute approximate surface area is 76.0 Å². The lowest BCUT2D eigenvalue weighted by Gasteiger charge is -2.05. The Kier molecular flexibility index (Phi) is 1.69. The third-order valence-electron chi connectivity index (χ3n) is 1.49. The lowest BCUT2D eigenvalue weighted by atomic mass is 9.79. The van der Waals surface area contributed by atoms with Crippen molar-refractivity contribution < 1.29 is 18.9 Å². The molecule has 0 aliphatic carbocycles. The average molecular weight is 169 g/mol. The quantitative estimate of drug-likeness (QED) is 0.596. The Bertz CT molecular complexity index is 351. The van der Waals surface area contributed by atoms with Crippen LogP contribution >= 0.6 is 0 Å². The van der Waals surface area contributed by atoms with Crippen molar-refractivity contribution in [3.05, 3.63) is 23.8 Å². The van der Waals surface area contributed by atoms with E-state index in [0.717, 1.165) is 0 Å². The third kappa shape index (κ3) is 2.00. The SMILES string of the molecule is [2H]C([2H])([2H])Oc1cc(C)cc(B(O)O)c1. The highest BCUT2D eigenvalue weighted by molar-refractivity contribution is 6.58. The first-order chi connectivity index (χ1) is 6.78. The number of ether oxygens (including phenoxy) is 1. The molecular weight excluding hydrogens is 155 g/mol. The highest BCUT2D eigenvalue weighted by Crippen LogP contribution is 2.09. The molecule has 0 radical (unpaired) electrons. The molecule has 2 N–H and O–H groups in total. The second kappa shape index (κ2) is 3.60. The average Bonchev–Trinajstić information content (AvgIpc) is 1.99. The summed E-state index contributed by atoms with van der Waals surface area (Å²) in [6.45, 7) is 1.71. The third-order valence-corrected chi connectivity index (χ3v) is 1.49. The molecular formula is C8H11BO3. The molecule has 0 heterocycles. The summed E-state index contributed by atoms with van der Waals surface area (Å²) < 4.78 is 25.4. The normalized spacial score (nSPS) is 14.4. The summed E-state index contributed by atoms with van der Waals surface area (Å²) in [5, 5.41) is 17.9. The Morgan fingerprint density at radius 2 is 2.17 bits per heavy atom. The van der Waals surface area contributed by atoms with Crippen molar-refractivity contribution in [2.45, 2.75) is 6.92 Å². The Hall–Kier alpha value is -0.995. The van der Waals surface area contributed by atoms with E-state index in [1.165, 1.54) is 18.2 Å². The summed E-state index contributed by atoms with van der Waals surface area (Å²) in [5.41, 5.74) is 0.897. The number of hydrogen-bond donors (Lipinski definition) is 2. The monoisotopic (exact) mass is 169 g/mol. The van der Waals surface area contributed by atoms with E-state index >= 15 is 0 Å². The van der Waals surface area contributed by atoms with Crippen LogP contribution in [0.25, 0.3) is 0 Å². The van der Waals surface area contributed by atoms with Crippen LogP contribution in [0, 0.1) is 6.92 Å². The molecule has 0 aliphatic rings. The van der Waals surface area contributed by atoms with Crippen LogP contribution in [0.2, 0.25) is 0 Å². The fourth-order valence-electron chi connectivity index (χ4n) is 0.985. The van der Waals surface area contributed by atoms with Crippen LogP contribution in [0.15, 0.2) is 18.2 Å². The van der Waals surface area contributed by atoms with Crippen molar-refractivity contribution in [1.82, 2.24) is 0 Å². The largest absolute Gasteiger partial charge is 0.497 e. The molecule has 4 heteroatoms. The van der Waals surface area contributed by atoms with Gasteiger partial charge < -0.3 is 14.8 Å². The van der Waals surface area contributed by atoms with E-state index in [1.807, 2.05) is 0 Å². The molecule has 0 aromatic heterocycles. The molecule has 1 aromatic rings. The summed E-state index contributed by atoms with van der Waals surface area (Å²) in [5.74, 6) is 0.0955. The predicted octanol–water partition coefficient (Wildman–Crippen LogP) is -0.317. The first-order valence-electron chi connectivity index (χ1n) is 4.95. The first kappa shape index (κ1) is 5.62. The minimum atomic E-state index is -2.54. The van der Waals surface area contributed by atoms with Gasteiger partial charge >= 0.3 is 7.12 Å². The molecule has 1 aromatic carbocycles. The molecule has 0 saturated heterocycles. The lowest BCUT2D eigenvalue weighted by molar-refractivity contribution is 0.411. The predicted molar refractivity (Wildman–Crippen MR) is 47.6 cm³/mol. The van der Waals surface area contributed by atoms with Crippen molar-refractivity contribution in [2.75, 3.05) is 7.04 Å². The summed E-state index contributed by atoms with van der Waals surface area (Å²) in [7, 11) is -4.17. The second-order valence-electron chi connectivity index (χ2n) is 2.56. The van der Waals surface area contributed by atoms with Gasteiger partial charge in [-0.05, 0) is 30.1 Å². The number of benzene rings is 1. The van der Waals surface area contributed by atoms with Gasteiger partial charge in [-0.25, -0.2) is 0 Å². The van der Waals surface area contributed by atoms with E-state index in [9.17, 15) is 0 Å². The summed E-state index contributed by atoms with van der Waals surface area (Å²) in [6.07, 6.45) is 0. The number of rotatable bonds is 2. The van der Waals surface area contributed by atoms with Crippen LogP contribution in [0.1, 0.15) is 9.68 Å². The van der Waals surface area contributed by atoms with Crippen LogP contribution in [-0.4, -0.2) is 24.2 Å². The van der Waals surface area contributed by atoms with E-state index in [-0.39, 0.29) is 11.2 Å². The van der Waals surface area contributed by atoms with Gasteiger partial charge in [-0.2, -0.15) is 0 Å². The topological polar surface area (TPSA) is 49.7 Å². The molecule has 64 valence electrons. The van der Waals surface area contributed by atoms with Crippen molar-refractivity contribution in [3.8, 4) is 5.75 Å². The molecule has 0 atom stereocenters. The van der Waals surface area contributed by atoms with Gasteiger partial charge in [0.05, 0.1) is 11.2 Å². The zero-order valence-corrected chi connectivity index (χ0v) is 6.61. The standard InChI is InChI=1S/C8H11BO3/c1-6-3-7(9(10)11)5-8(4-6)12-2/h3-5,10-11H,1-2H3/i2D3. The molecule has 0 saturated carbocycles. The van der Waals surface area contributed by atoms with Gasteiger partial charge in [-0.1, -0.05) is 6.07 Å². The molecule has 12 heavy (non-hydrogen) atoms. The van der Waals surface area contributed by atoms with Crippen molar-refractivity contribution in [1.29, 1.82) is 0 Å². The summed E-state index contributed by atoms with van der Waals surface area (Å²) in [4.78, 5) is 0. The fraction of sp³-hybridized carbons (Fsp3) is 0.250. The smallest absolute Gasteiger partial charge is 0.488 e. The number of aryl methyl sites for hydroxylation is 1. The molecule has 0 unspecified atom stereocenters. The minimum Gasteiger partial charge on any atom is -0.497 e. The molecule has 0 aliphatic heterocycles. The van der Waals surface area contributed by atoms with Gasteiger partial charge in [-0.15, -0.1) is 0 Å². The maximum Gasteiger partial charge on any atom is 0.488 e. The molecule has 0 spiro atoms. The first-order valence-corrected chi connectivity index (χ1v) is 3.45. The van der Waals surface area contributed by atoms with Crippen LogP contribution in [-0.2, 0) is 0 Å². The van der Waals surface area contributed by atoms with Gasteiger partial charge in [-0.3, -0.25) is 0 Å². The molecule has 0 amide bonds. The lowest BCUT2D eigenvalue weighted by Crippen LogP contribution is -2.29. The maximum atomic E-state index is 8.93. The zero-order chi connectivity index (χ0) is 11.6. The van der Waals surface area contributed by atoms with Crippen LogP contribution in [0.3, 0.4) is 0 Å². The number of hydrogen-bond acceptors (Lipinski definition) is 3. The van der Waals surface area contributed by atoms with Gasteiger partial charge in [0.2, 0.25) is 0 Å². The Balaban J connectivity index is 2.99. The van der Waals surface area contributed by atoms with E-state index in [2.05, 4.69) is 4.74 Å². The fourth-order valence-corrected chi connectivity index (χ4v) is 0.985. The van der Waals surface area contributed by atoms with Crippen LogP contribution in [0.5, 0.6) is 5.75 Å². The molecule has 0 fully saturated rings. The van der Waals surface area contributed by atoms with E-state index in [0.29, 0.717) is 5.56 Å². The Morgan fingerprint density at radius 3 is 2.75 bits per heavy atom. The maximum absolute atomic E-state index is 8.93. The van der Waals surface area contributed by atoms with Gasteiger partial charge in [0.1, 0.15) is 5.75 Å². The van der Waals surface area contributed by atoms with Gasteiger partial charge in [0.25, 0.3) is 0 Å². The summed E-state index contributed by atoms with van der Waals surface area (Å²) >= 11 is 0. The van der Waals surface area contributed by atoms with Gasteiger partial charge in [0, 0.05) is 0 Å². The van der Waals surface area contributed by atoms with E-state index in [1.54, 1.807) is 6.92 Å². The minimum absolute atomic E-state index is 0.0955. The highest BCUT2D eigenvalue weighted by Gasteiger charge is 2.11. The van der Waals surface area contributed by atoms with Crippen LogP contribution in [0.4, 0.5) is 0 Å². The number of methoxy groups -OCH3 is 1. The van der Waals surface area contributed by atoms with Crippen molar-refractivity contribution in [2.24, 2.45) is 0 Å². The van der Waals surface area contributed by atoms with Crippen molar-refractivity contribution >= 4 is 12.6 Å². The van der Waals surface area contributed by atoms with Crippen molar-refractivity contribution in [3.63, 3.8) is 0 Å². The molecule has 1 rings (SSSR count). The zero-order valence-electron chi connectivity index (χ0n) is 9.61. The second-order valence-corrected chi connectivity index (χ2v) is 2.56. The molecule has 0 bridgehead atoms. The Morgan fingerprint density at radius 1 is 1.42 bits per heavy atom.